The van der Waals surface area contributed by atoms with Gasteiger partial charge in [0.1, 0.15) is 0 Å². The van der Waals surface area contributed by atoms with Crippen molar-refractivity contribution in [1.82, 2.24) is 5.32 Å². The van der Waals surface area contributed by atoms with Crippen LogP contribution >= 0.6 is 0 Å². The van der Waals surface area contributed by atoms with Crippen LogP contribution in [-0.2, 0) is 4.74 Å². The summed E-state index contributed by atoms with van der Waals surface area (Å²) in [4.78, 5) is 4.52. The summed E-state index contributed by atoms with van der Waals surface area (Å²) in [6.45, 7) is 6.28. The second-order valence-corrected chi connectivity index (χ2v) is 5.06. The highest BCUT2D eigenvalue weighted by Gasteiger charge is 2.27. The molecule has 0 aromatic heterocycles. The number of aliphatic imine (C=N–C) groups is 1. The molecule has 0 aromatic carbocycles. The summed E-state index contributed by atoms with van der Waals surface area (Å²) in [6.07, 6.45) is 6.05. The minimum absolute atomic E-state index is 0.415. The van der Waals surface area contributed by atoms with Crippen molar-refractivity contribution in [2.45, 2.75) is 39.0 Å². The maximum absolute atomic E-state index is 5.40. The fourth-order valence-corrected chi connectivity index (χ4v) is 2.20. The maximum atomic E-state index is 5.40. The van der Waals surface area contributed by atoms with E-state index in [1.807, 2.05) is 0 Å². The molecular weight excluding hydrogens is 188 g/mol. The topological polar surface area (TPSA) is 33.6 Å². The van der Waals surface area contributed by atoms with Crippen LogP contribution in [0.5, 0.6) is 0 Å². The normalized spacial score (nSPS) is 25.8. The molecule has 0 amide bonds. The van der Waals surface area contributed by atoms with Crippen molar-refractivity contribution in [1.29, 1.82) is 0 Å². The molecule has 2 aliphatic heterocycles. The lowest BCUT2D eigenvalue weighted by molar-refractivity contribution is 0.0260. The van der Waals surface area contributed by atoms with Crippen molar-refractivity contribution in [3.05, 3.63) is 0 Å². The highest BCUT2D eigenvalue weighted by Crippen LogP contribution is 2.28. The monoisotopic (exact) mass is 210 g/mol. The molecule has 86 valence electrons. The van der Waals surface area contributed by atoms with Gasteiger partial charge in [0.25, 0.3) is 0 Å². The fraction of sp³-hybridized carbons (Fsp3) is 0.917. The molecule has 1 N–H and O–H groups in total. The van der Waals surface area contributed by atoms with Crippen LogP contribution in [0.15, 0.2) is 4.99 Å². The highest BCUT2D eigenvalue weighted by atomic mass is 16.5. The number of rotatable bonds is 2. The summed E-state index contributed by atoms with van der Waals surface area (Å²) >= 11 is 0. The van der Waals surface area contributed by atoms with Gasteiger partial charge < -0.3 is 10.1 Å². The first-order chi connectivity index (χ1) is 7.29. The quantitative estimate of drug-likeness (QED) is 0.756. The molecule has 0 radical (unpaired) electrons. The first kappa shape index (κ1) is 10.9. The third-order valence-corrected chi connectivity index (χ3v) is 3.54. The Hall–Kier alpha value is -0.570. The van der Waals surface area contributed by atoms with Crippen LogP contribution in [0.25, 0.3) is 0 Å². The van der Waals surface area contributed by atoms with Gasteiger partial charge in [0, 0.05) is 32.7 Å². The largest absolute Gasteiger partial charge is 0.381 e. The highest BCUT2D eigenvalue weighted by molar-refractivity contribution is 5.82. The van der Waals surface area contributed by atoms with E-state index in [9.17, 15) is 0 Å². The average Bonchev–Trinajstić information content (AvgIpc) is 2.29. The van der Waals surface area contributed by atoms with E-state index in [-0.39, 0.29) is 0 Å². The van der Waals surface area contributed by atoms with Crippen molar-refractivity contribution in [2.75, 3.05) is 26.3 Å². The fourth-order valence-electron chi connectivity index (χ4n) is 2.20. The molecule has 0 aromatic rings. The Kier molecular flexibility index (Phi) is 3.62. The predicted molar refractivity (Wildman–Crippen MR) is 62.3 cm³/mol. The summed E-state index contributed by atoms with van der Waals surface area (Å²) in [5.74, 6) is 1.23. The summed E-state index contributed by atoms with van der Waals surface area (Å²) in [6, 6.07) is 0. The summed E-state index contributed by atoms with van der Waals surface area (Å²) in [5, 5.41) is 3.53. The minimum atomic E-state index is 0.415. The van der Waals surface area contributed by atoms with E-state index in [0.29, 0.717) is 5.41 Å². The lowest BCUT2D eigenvalue weighted by atomic mass is 9.82. The number of hydrogen-bond acceptors (Lipinski definition) is 3. The van der Waals surface area contributed by atoms with Crippen molar-refractivity contribution in [3.8, 4) is 0 Å². The van der Waals surface area contributed by atoms with Crippen LogP contribution < -0.4 is 5.32 Å². The van der Waals surface area contributed by atoms with E-state index in [1.54, 1.807) is 0 Å². The Morgan fingerprint density at radius 3 is 2.80 bits per heavy atom. The summed E-state index contributed by atoms with van der Waals surface area (Å²) in [5.41, 5.74) is 0.415. The number of hydrogen-bond donors (Lipinski definition) is 1. The van der Waals surface area contributed by atoms with Gasteiger partial charge in [-0.25, -0.2) is 0 Å². The molecule has 2 heterocycles. The molecule has 1 saturated heterocycles. The molecule has 2 aliphatic rings. The molecule has 15 heavy (non-hydrogen) atoms. The molecule has 0 aliphatic carbocycles. The molecule has 3 heteroatoms. The maximum Gasteiger partial charge on any atom is 0.0963 e. The van der Waals surface area contributed by atoms with Crippen molar-refractivity contribution < 1.29 is 4.74 Å². The lowest BCUT2D eigenvalue weighted by Gasteiger charge is -2.34. The molecule has 0 saturated carbocycles. The SMILES string of the molecule is CC1(CNC2=NCCCC2)CCOCC1. The zero-order chi connectivity index (χ0) is 10.6. The van der Waals surface area contributed by atoms with Gasteiger partial charge in [-0.1, -0.05) is 6.92 Å². The van der Waals surface area contributed by atoms with Crippen molar-refractivity contribution in [2.24, 2.45) is 10.4 Å². The van der Waals surface area contributed by atoms with Crippen molar-refractivity contribution >= 4 is 5.84 Å². The molecule has 1 fully saturated rings. The van der Waals surface area contributed by atoms with Gasteiger partial charge in [0.15, 0.2) is 0 Å². The summed E-state index contributed by atoms with van der Waals surface area (Å²) < 4.78 is 5.40. The van der Waals surface area contributed by atoms with Crippen LogP contribution in [0.1, 0.15) is 39.0 Å². The zero-order valence-electron chi connectivity index (χ0n) is 9.72. The number of nitrogens with zero attached hydrogens (tertiary/aromatic N) is 1. The van der Waals surface area contributed by atoms with Gasteiger partial charge in [-0.3, -0.25) is 4.99 Å². The van der Waals surface area contributed by atoms with E-state index in [0.717, 1.165) is 32.7 Å². The Morgan fingerprint density at radius 1 is 1.33 bits per heavy atom. The Morgan fingerprint density at radius 2 is 2.13 bits per heavy atom. The average molecular weight is 210 g/mol. The minimum Gasteiger partial charge on any atom is -0.381 e. The van der Waals surface area contributed by atoms with Gasteiger partial charge in [-0.05, 0) is 31.1 Å². The van der Waals surface area contributed by atoms with E-state index >= 15 is 0 Å². The predicted octanol–water partition coefficient (Wildman–Crippen LogP) is 1.98. The Bertz CT molecular complexity index is 232. The van der Waals surface area contributed by atoms with Crippen LogP contribution in [0.3, 0.4) is 0 Å². The Labute approximate surface area is 92.3 Å². The molecule has 0 atom stereocenters. The van der Waals surface area contributed by atoms with Gasteiger partial charge in [-0.15, -0.1) is 0 Å². The van der Waals surface area contributed by atoms with Crippen LogP contribution in [-0.4, -0.2) is 32.1 Å². The second kappa shape index (κ2) is 4.97. The lowest BCUT2D eigenvalue weighted by Crippen LogP contribution is -2.39. The first-order valence-corrected chi connectivity index (χ1v) is 6.13. The van der Waals surface area contributed by atoms with Gasteiger partial charge in [-0.2, -0.15) is 0 Å². The van der Waals surface area contributed by atoms with E-state index in [1.165, 1.54) is 31.5 Å². The summed E-state index contributed by atoms with van der Waals surface area (Å²) in [7, 11) is 0. The van der Waals surface area contributed by atoms with Gasteiger partial charge in [0.2, 0.25) is 0 Å². The van der Waals surface area contributed by atoms with E-state index in [4.69, 9.17) is 4.74 Å². The standard InChI is InChI=1S/C12H22N2O/c1-12(5-8-15-9-6-12)10-14-11-4-2-3-7-13-11/h2-10H2,1H3,(H,13,14). The van der Waals surface area contributed by atoms with Crippen LogP contribution in [0.4, 0.5) is 0 Å². The van der Waals surface area contributed by atoms with Crippen LogP contribution in [0.2, 0.25) is 0 Å². The zero-order valence-corrected chi connectivity index (χ0v) is 9.72. The van der Waals surface area contributed by atoms with E-state index < -0.39 is 0 Å². The third-order valence-electron chi connectivity index (χ3n) is 3.54. The van der Waals surface area contributed by atoms with Gasteiger partial charge >= 0.3 is 0 Å². The number of amidine groups is 1. The first-order valence-electron chi connectivity index (χ1n) is 6.13. The second-order valence-electron chi connectivity index (χ2n) is 5.06. The molecule has 0 spiro atoms. The van der Waals surface area contributed by atoms with Crippen molar-refractivity contribution in [3.63, 3.8) is 0 Å². The third kappa shape index (κ3) is 3.20. The molecular formula is C12H22N2O. The number of ether oxygens (including phenoxy) is 1. The molecule has 0 bridgehead atoms. The van der Waals surface area contributed by atoms with Crippen LogP contribution in [0, 0.1) is 5.41 Å². The Balaban J connectivity index is 1.78. The molecule has 2 rings (SSSR count). The molecule has 0 unspecified atom stereocenters. The van der Waals surface area contributed by atoms with Gasteiger partial charge in [0.05, 0.1) is 5.84 Å². The smallest absolute Gasteiger partial charge is 0.0963 e. The van der Waals surface area contributed by atoms with E-state index in [2.05, 4.69) is 17.2 Å². The molecule has 3 nitrogen and oxygen atoms in total. The number of nitrogens with one attached hydrogen (secondary N) is 1.